The number of ether oxygens (including phenoxy) is 2. The number of carbonyl (C=O) groups is 4. The fourth-order valence-corrected chi connectivity index (χ4v) is 5.87. The van der Waals surface area contributed by atoms with Gasteiger partial charge in [0.15, 0.2) is 23.1 Å². The Kier molecular flexibility index (Phi) is 7.73. The van der Waals surface area contributed by atoms with Gasteiger partial charge >= 0.3 is 11.9 Å². The van der Waals surface area contributed by atoms with Gasteiger partial charge in [0.2, 0.25) is 0 Å². The lowest BCUT2D eigenvalue weighted by Gasteiger charge is -2.43. The molecule has 0 bridgehead atoms. The Hall–Kier alpha value is -4.40. The number of ketones is 2. The number of carboxylic acids is 2. The van der Waals surface area contributed by atoms with Crippen LogP contribution in [-0.4, -0.2) is 51.8 Å². The van der Waals surface area contributed by atoms with E-state index < -0.39 is 17.9 Å². The lowest BCUT2D eigenvalue weighted by Crippen LogP contribution is -2.41. The maximum Gasteiger partial charge on any atom is 0.335 e. The zero-order chi connectivity index (χ0) is 28.4. The fraction of sp³-hybridized carbons (Fsp3) is 0.355. The number of allylic oxidation sites excluding steroid dienone is 4. The summed E-state index contributed by atoms with van der Waals surface area (Å²) in [6.45, 7) is 2.12. The molecule has 0 saturated carbocycles. The van der Waals surface area contributed by atoms with E-state index in [0.29, 0.717) is 79.2 Å². The predicted octanol–water partition coefficient (Wildman–Crippen LogP) is 4.86. The van der Waals surface area contributed by atoms with Crippen LogP contribution in [0.15, 0.2) is 65.0 Å². The SMILES string of the molecule is CCOc1cc(C2C3=C(CCCC3=O)N(CC(=O)O)C3=C2C(=O)CCC3)ccc1OCc1ccc(C(=O)O)cc1. The number of carbonyl (C=O) groups excluding carboxylic acids is 2. The summed E-state index contributed by atoms with van der Waals surface area (Å²) in [5.74, 6) is -1.78. The van der Waals surface area contributed by atoms with Gasteiger partial charge in [0, 0.05) is 41.3 Å². The van der Waals surface area contributed by atoms with Crippen LogP contribution in [0, 0.1) is 0 Å². The number of aromatic carboxylic acids is 1. The molecule has 40 heavy (non-hydrogen) atoms. The number of carboxylic acid groups (broad SMARTS) is 2. The Morgan fingerprint density at radius 1 is 0.850 bits per heavy atom. The van der Waals surface area contributed by atoms with Crippen molar-refractivity contribution in [1.29, 1.82) is 0 Å². The van der Waals surface area contributed by atoms with Crippen LogP contribution in [0.4, 0.5) is 0 Å². The van der Waals surface area contributed by atoms with E-state index in [1.165, 1.54) is 12.1 Å². The molecule has 2 N–H and O–H groups in total. The Morgan fingerprint density at radius 3 is 2.02 bits per heavy atom. The zero-order valence-corrected chi connectivity index (χ0v) is 22.3. The first kappa shape index (κ1) is 27.2. The first-order chi connectivity index (χ1) is 19.3. The van der Waals surface area contributed by atoms with Crippen molar-refractivity contribution in [3.05, 3.63) is 81.7 Å². The third-order valence-corrected chi connectivity index (χ3v) is 7.58. The van der Waals surface area contributed by atoms with Gasteiger partial charge < -0.3 is 24.6 Å². The number of hydrogen-bond donors (Lipinski definition) is 2. The number of benzene rings is 2. The van der Waals surface area contributed by atoms with E-state index in [1.54, 1.807) is 23.1 Å². The molecule has 0 radical (unpaired) electrons. The number of aliphatic carboxylic acids is 1. The van der Waals surface area contributed by atoms with Crippen molar-refractivity contribution < 1.29 is 38.9 Å². The molecule has 5 rings (SSSR count). The topological polar surface area (TPSA) is 130 Å². The second-order valence-corrected chi connectivity index (χ2v) is 10.1. The number of Topliss-reactive ketones (excluding diaryl/α,β-unsaturated/α-hetero) is 2. The van der Waals surface area contributed by atoms with Crippen molar-refractivity contribution in [1.82, 2.24) is 4.90 Å². The summed E-state index contributed by atoms with van der Waals surface area (Å²) in [6.07, 6.45) is 3.15. The van der Waals surface area contributed by atoms with E-state index in [9.17, 15) is 24.3 Å². The lowest BCUT2D eigenvalue weighted by molar-refractivity contribution is -0.138. The fourth-order valence-electron chi connectivity index (χ4n) is 5.87. The average Bonchev–Trinajstić information content (AvgIpc) is 2.93. The van der Waals surface area contributed by atoms with Gasteiger partial charge in [0.25, 0.3) is 0 Å². The van der Waals surface area contributed by atoms with Crippen LogP contribution in [0.1, 0.15) is 72.9 Å². The van der Waals surface area contributed by atoms with Crippen molar-refractivity contribution in [2.45, 2.75) is 58.0 Å². The normalized spacial score (nSPS) is 17.5. The molecule has 0 saturated heterocycles. The highest BCUT2D eigenvalue weighted by Crippen LogP contribution is 2.50. The molecule has 0 aromatic heterocycles. The predicted molar refractivity (Wildman–Crippen MR) is 144 cm³/mol. The van der Waals surface area contributed by atoms with Gasteiger partial charge in [-0.2, -0.15) is 0 Å². The highest BCUT2D eigenvalue weighted by Gasteiger charge is 2.43. The van der Waals surface area contributed by atoms with E-state index >= 15 is 0 Å². The van der Waals surface area contributed by atoms with Gasteiger partial charge in [-0.05, 0) is 68.0 Å². The quantitative estimate of drug-likeness (QED) is 0.454. The molecule has 9 nitrogen and oxygen atoms in total. The molecule has 1 aliphatic heterocycles. The van der Waals surface area contributed by atoms with Crippen LogP contribution < -0.4 is 9.47 Å². The lowest BCUT2D eigenvalue weighted by atomic mass is 9.71. The molecule has 2 aromatic carbocycles. The van der Waals surface area contributed by atoms with Crippen LogP contribution >= 0.6 is 0 Å². The Bertz CT molecular complexity index is 1390. The number of rotatable bonds is 9. The largest absolute Gasteiger partial charge is 0.490 e. The number of nitrogens with zero attached hydrogens (tertiary/aromatic N) is 1. The van der Waals surface area contributed by atoms with Crippen LogP contribution in [0.3, 0.4) is 0 Å². The molecule has 0 atom stereocenters. The summed E-state index contributed by atoms with van der Waals surface area (Å²) in [5, 5.41) is 18.8. The zero-order valence-electron chi connectivity index (χ0n) is 22.3. The smallest absolute Gasteiger partial charge is 0.335 e. The van der Waals surface area contributed by atoms with E-state index in [4.69, 9.17) is 14.6 Å². The molecular weight excluding hydrogens is 514 g/mol. The Labute approximate surface area is 231 Å². The van der Waals surface area contributed by atoms with Crippen molar-refractivity contribution in [2.75, 3.05) is 13.2 Å². The van der Waals surface area contributed by atoms with Gasteiger partial charge in [-0.25, -0.2) is 4.79 Å². The van der Waals surface area contributed by atoms with Gasteiger partial charge in [0.1, 0.15) is 13.2 Å². The highest BCUT2D eigenvalue weighted by atomic mass is 16.5. The Balaban J connectivity index is 1.53. The molecule has 0 unspecified atom stereocenters. The van der Waals surface area contributed by atoms with E-state index in [-0.39, 0.29) is 30.3 Å². The van der Waals surface area contributed by atoms with Crippen molar-refractivity contribution in [3.63, 3.8) is 0 Å². The van der Waals surface area contributed by atoms with Crippen LogP contribution in [0.5, 0.6) is 11.5 Å². The van der Waals surface area contributed by atoms with Crippen molar-refractivity contribution in [2.24, 2.45) is 0 Å². The van der Waals surface area contributed by atoms with Crippen LogP contribution in [0.2, 0.25) is 0 Å². The molecule has 0 fully saturated rings. The minimum Gasteiger partial charge on any atom is -0.490 e. The summed E-state index contributed by atoms with van der Waals surface area (Å²) in [5.41, 5.74) is 4.14. The molecule has 3 aliphatic rings. The maximum atomic E-state index is 13.4. The Morgan fingerprint density at radius 2 is 1.48 bits per heavy atom. The first-order valence-electron chi connectivity index (χ1n) is 13.5. The average molecular weight is 546 g/mol. The third-order valence-electron chi connectivity index (χ3n) is 7.58. The van der Waals surface area contributed by atoms with Gasteiger partial charge in [-0.3, -0.25) is 14.4 Å². The van der Waals surface area contributed by atoms with E-state index in [1.807, 2.05) is 19.1 Å². The van der Waals surface area contributed by atoms with Crippen LogP contribution in [-0.2, 0) is 21.0 Å². The van der Waals surface area contributed by atoms with Crippen LogP contribution in [0.25, 0.3) is 0 Å². The standard InChI is InChI=1S/C31H31NO8/c1-2-39-26-15-20(13-14-25(26)40-17-18-9-11-19(12-10-18)31(37)38)28-29-21(5-3-7-23(29)33)32(16-27(35)36)22-6-4-8-24(34)30(22)28/h9-15,28H,2-8,16-17H2,1H3,(H,35,36)(H,37,38). The minimum absolute atomic E-state index is 0.0605. The summed E-state index contributed by atoms with van der Waals surface area (Å²) in [4.78, 5) is 51.4. The molecular formula is C31H31NO8. The third kappa shape index (κ3) is 5.23. The second-order valence-electron chi connectivity index (χ2n) is 10.1. The minimum atomic E-state index is -1.01. The highest BCUT2D eigenvalue weighted by molar-refractivity contribution is 6.06. The molecule has 0 spiro atoms. The van der Waals surface area contributed by atoms with Gasteiger partial charge in [0.05, 0.1) is 12.2 Å². The summed E-state index contributed by atoms with van der Waals surface area (Å²) >= 11 is 0. The maximum absolute atomic E-state index is 13.4. The van der Waals surface area contributed by atoms with Crippen molar-refractivity contribution in [3.8, 4) is 11.5 Å². The van der Waals surface area contributed by atoms with E-state index in [0.717, 1.165) is 11.1 Å². The monoisotopic (exact) mass is 545 g/mol. The molecule has 2 aliphatic carbocycles. The molecule has 9 heteroatoms. The summed E-state index contributed by atoms with van der Waals surface area (Å²) in [7, 11) is 0. The molecule has 1 heterocycles. The molecule has 0 amide bonds. The summed E-state index contributed by atoms with van der Waals surface area (Å²) < 4.78 is 11.9. The molecule has 208 valence electrons. The first-order valence-corrected chi connectivity index (χ1v) is 13.5. The molecule has 2 aromatic rings. The number of hydrogen-bond acceptors (Lipinski definition) is 7. The van der Waals surface area contributed by atoms with Gasteiger partial charge in [-0.1, -0.05) is 18.2 Å². The van der Waals surface area contributed by atoms with Gasteiger partial charge in [-0.15, -0.1) is 0 Å². The second kappa shape index (κ2) is 11.4. The van der Waals surface area contributed by atoms with E-state index in [2.05, 4.69) is 0 Å². The van der Waals surface area contributed by atoms with Crippen molar-refractivity contribution >= 4 is 23.5 Å². The summed E-state index contributed by atoms with van der Waals surface area (Å²) in [6, 6.07) is 11.8.